The van der Waals surface area contributed by atoms with Crippen LogP contribution in [-0.4, -0.2) is 35.0 Å². The lowest BCUT2D eigenvalue weighted by Crippen LogP contribution is -2.69. The second-order valence-electron chi connectivity index (χ2n) is 9.59. The van der Waals surface area contributed by atoms with Gasteiger partial charge in [-0.3, -0.25) is 4.79 Å². The van der Waals surface area contributed by atoms with Crippen LogP contribution >= 0.6 is 0 Å². The van der Waals surface area contributed by atoms with Crippen molar-refractivity contribution in [1.82, 2.24) is 0 Å². The second-order valence-corrected chi connectivity index (χ2v) is 9.59. The molecule has 0 aromatic carbocycles. The number of ether oxygens (including phenoxy) is 1. The summed E-state index contributed by atoms with van der Waals surface area (Å²) in [4.78, 5) is 13.1. The van der Waals surface area contributed by atoms with Crippen molar-refractivity contribution in [3.63, 3.8) is 0 Å². The molecule has 24 heavy (non-hydrogen) atoms. The Kier molecular flexibility index (Phi) is 2.85. The minimum absolute atomic E-state index is 0.0468. The summed E-state index contributed by atoms with van der Waals surface area (Å²) in [6.45, 7) is 6.43. The number of hydrogen-bond donors (Lipinski definition) is 2. The van der Waals surface area contributed by atoms with E-state index in [1.807, 2.05) is 0 Å². The summed E-state index contributed by atoms with van der Waals surface area (Å²) in [6.07, 6.45) is 5.56. The van der Waals surface area contributed by atoms with E-state index in [9.17, 15) is 15.0 Å². The Labute approximate surface area is 143 Å². The van der Waals surface area contributed by atoms with E-state index in [0.717, 1.165) is 44.9 Å². The van der Waals surface area contributed by atoms with E-state index in [2.05, 4.69) is 13.5 Å². The molecule has 5 aliphatic carbocycles. The van der Waals surface area contributed by atoms with Crippen LogP contribution in [0, 0.1) is 34.0 Å². The Balaban J connectivity index is 1.71. The van der Waals surface area contributed by atoms with Crippen molar-refractivity contribution in [3.05, 3.63) is 12.2 Å². The topological polar surface area (TPSA) is 66.8 Å². The fraction of sp³-hybridized carbons (Fsp3) is 0.850. The molecular formula is C20H28O4. The highest BCUT2D eigenvalue weighted by atomic mass is 16.6. The highest BCUT2D eigenvalue weighted by Crippen LogP contribution is 2.74. The largest absolute Gasteiger partial charge is 0.459 e. The van der Waals surface area contributed by atoms with Gasteiger partial charge in [-0.1, -0.05) is 25.5 Å². The van der Waals surface area contributed by atoms with Crippen molar-refractivity contribution in [3.8, 4) is 0 Å². The lowest BCUT2D eigenvalue weighted by molar-refractivity contribution is -0.224. The minimum atomic E-state index is -0.617. The highest BCUT2D eigenvalue weighted by Gasteiger charge is 2.78. The molecule has 132 valence electrons. The van der Waals surface area contributed by atoms with Gasteiger partial charge in [-0.15, -0.1) is 0 Å². The lowest BCUT2D eigenvalue weighted by atomic mass is 9.36. The second kappa shape index (κ2) is 4.45. The number of aliphatic hydroxyl groups excluding tert-OH is 2. The van der Waals surface area contributed by atoms with Gasteiger partial charge in [-0.25, -0.2) is 0 Å². The Morgan fingerprint density at radius 1 is 1.33 bits per heavy atom. The first kappa shape index (κ1) is 15.4. The predicted octanol–water partition coefficient (Wildman–Crippen LogP) is 2.43. The van der Waals surface area contributed by atoms with Crippen LogP contribution in [0.15, 0.2) is 12.2 Å². The van der Waals surface area contributed by atoms with Gasteiger partial charge in [-0.2, -0.15) is 0 Å². The van der Waals surface area contributed by atoms with Crippen LogP contribution in [0.4, 0.5) is 0 Å². The third-order valence-electron chi connectivity index (χ3n) is 8.79. The molecule has 8 atom stereocenters. The molecule has 0 radical (unpaired) electrons. The van der Waals surface area contributed by atoms with Crippen LogP contribution in [0.1, 0.15) is 51.9 Å². The molecule has 0 amide bonds. The Bertz CT molecular complexity index is 629. The molecule has 6 fully saturated rings. The van der Waals surface area contributed by atoms with Crippen molar-refractivity contribution in [2.24, 2.45) is 34.0 Å². The van der Waals surface area contributed by atoms with Gasteiger partial charge in [0.15, 0.2) is 0 Å². The molecule has 5 saturated carbocycles. The van der Waals surface area contributed by atoms with Gasteiger partial charge in [-0.05, 0) is 55.8 Å². The first-order valence-electron chi connectivity index (χ1n) is 9.57. The smallest absolute Gasteiger partial charge is 0.313 e. The van der Waals surface area contributed by atoms with Crippen LogP contribution in [0.2, 0.25) is 0 Å². The summed E-state index contributed by atoms with van der Waals surface area (Å²) in [5.74, 6) is 0.545. The van der Waals surface area contributed by atoms with Crippen LogP contribution in [0.25, 0.3) is 0 Å². The zero-order valence-corrected chi connectivity index (χ0v) is 14.5. The normalized spacial score (nSPS) is 58.2. The van der Waals surface area contributed by atoms with Gasteiger partial charge in [0.05, 0.1) is 11.5 Å². The summed E-state index contributed by atoms with van der Waals surface area (Å²) in [5.41, 5.74) is 0.219. The summed E-state index contributed by atoms with van der Waals surface area (Å²) < 4.78 is 5.88. The van der Waals surface area contributed by atoms with E-state index in [0.29, 0.717) is 5.92 Å². The lowest BCUT2D eigenvalue weighted by Gasteiger charge is -2.66. The van der Waals surface area contributed by atoms with Crippen molar-refractivity contribution in [2.45, 2.75) is 64.1 Å². The molecule has 1 aliphatic heterocycles. The number of carbonyl (C=O) groups is 1. The van der Waals surface area contributed by atoms with Crippen molar-refractivity contribution < 1.29 is 19.7 Å². The van der Waals surface area contributed by atoms with E-state index < -0.39 is 17.6 Å². The van der Waals surface area contributed by atoms with Crippen LogP contribution in [0.5, 0.6) is 0 Å². The van der Waals surface area contributed by atoms with Gasteiger partial charge in [0.2, 0.25) is 0 Å². The summed E-state index contributed by atoms with van der Waals surface area (Å²) in [6, 6.07) is 0. The average molecular weight is 332 g/mol. The van der Waals surface area contributed by atoms with Crippen molar-refractivity contribution in [1.29, 1.82) is 0 Å². The van der Waals surface area contributed by atoms with Crippen LogP contribution in [0.3, 0.4) is 0 Å². The standard InChI is InChI=1S/C20H28O4/c1-11-9-19-7-4-12(11)8-13(19)20-6-3-5-18(2,10-21)15(20)14(16(19)22)24-17(20)23/h12-16,21-22H,1,3-10H2,2H3/t12-,13+,14+,15+,16-,18-,19+,20+/m0/s1. The predicted molar refractivity (Wildman–Crippen MR) is 87.9 cm³/mol. The number of aliphatic hydroxyl groups is 2. The SMILES string of the molecule is C=C1C[C@]23CC[C@H]1C[C@H]2[C@]12CCC[C@@](C)(CO)[C@H]1[C@@H](OC2=O)[C@@H]3O. The molecule has 0 aromatic rings. The van der Waals surface area contributed by atoms with Crippen LogP contribution < -0.4 is 0 Å². The Morgan fingerprint density at radius 2 is 2.12 bits per heavy atom. The molecule has 1 heterocycles. The first-order chi connectivity index (χ1) is 11.4. The molecule has 0 unspecified atom stereocenters. The molecule has 4 nitrogen and oxygen atoms in total. The van der Waals surface area contributed by atoms with Gasteiger partial charge in [0.1, 0.15) is 6.10 Å². The van der Waals surface area contributed by atoms with E-state index in [1.54, 1.807) is 0 Å². The molecule has 1 saturated heterocycles. The third-order valence-corrected chi connectivity index (χ3v) is 8.79. The highest BCUT2D eigenvalue weighted by molar-refractivity contribution is 5.82. The van der Waals surface area contributed by atoms with Gasteiger partial charge in [0, 0.05) is 17.9 Å². The molecule has 1 spiro atoms. The van der Waals surface area contributed by atoms with Crippen LogP contribution in [-0.2, 0) is 9.53 Å². The van der Waals surface area contributed by atoms with E-state index in [1.165, 1.54) is 5.57 Å². The van der Waals surface area contributed by atoms with E-state index in [-0.39, 0.29) is 35.2 Å². The molecule has 4 heteroatoms. The molecular weight excluding hydrogens is 304 g/mol. The minimum Gasteiger partial charge on any atom is -0.459 e. The van der Waals surface area contributed by atoms with Gasteiger partial charge in [0.25, 0.3) is 0 Å². The van der Waals surface area contributed by atoms with Gasteiger partial charge >= 0.3 is 5.97 Å². The number of carbonyl (C=O) groups excluding carboxylic acids is 1. The maximum absolute atomic E-state index is 13.1. The number of hydrogen-bond acceptors (Lipinski definition) is 4. The summed E-state index contributed by atoms with van der Waals surface area (Å²) in [7, 11) is 0. The Hall–Kier alpha value is -0.870. The number of fused-ring (bicyclic) bond motifs is 2. The quantitative estimate of drug-likeness (QED) is 0.572. The van der Waals surface area contributed by atoms with Crippen molar-refractivity contribution in [2.75, 3.05) is 6.61 Å². The third kappa shape index (κ3) is 1.44. The summed E-state index contributed by atoms with van der Waals surface area (Å²) in [5, 5.41) is 21.5. The van der Waals surface area contributed by atoms with Gasteiger partial charge < -0.3 is 14.9 Å². The monoisotopic (exact) mass is 332 g/mol. The zero-order valence-electron chi connectivity index (χ0n) is 14.5. The number of esters is 1. The maximum Gasteiger partial charge on any atom is 0.313 e. The van der Waals surface area contributed by atoms with E-state index >= 15 is 0 Å². The number of rotatable bonds is 1. The number of allylic oxidation sites excluding steroid dienone is 1. The average Bonchev–Trinajstić information content (AvgIpc) is 2.86. The molecule has 6 rings (SSSR count). The zero-order chi connectivity index (χ0) is 16.9. The van der Waals surface area contributed by atoms with E-state index in [4.69, 9.17) is 4.74 Å². The molecule has 4 bridgehead atoms. The fourth-order valence-electron chi connectivity index (χ4n) is 7.81. The summed E-state index contributed by atoms with van der Waals surface area (Å²) >= 11 is 0. The molecule has 6 aliphatic rings. The Morgan fingerprint density at radius 3 is 2.83 bits per heavy atom. The molecule has 2 N–H and O–H groups in total. The fourth-order valence-corrected chi connectivity index (χ4v) is 7.81. The maximum atomic E-state index is 13.1. The first-order valence-corrected chi connectivity index (χ1v) is 9.57. The molecule has 0 aromatic heterocycles. The van der Waals surface area contributed by atoms with Crippen molar-refractivity contribution >= 4 is 5.97 Å².